The van der Waals surface area contributed by atoms with Crippen LogP contribution in [0.3, 0.4) is 0 Å². The fourth-order valence-corrected chi connectivity index (χ4v) is 4.67. The summed E-state index contributed by atoms with van der Waals surface area (Å²) in [5, 5.41) is 8.29. The maximum atomic E-state index is 12.0. The molecule has 0 aromatic heterocycles. The van der Waals surface area contributed by atoms with Crippen molar-refractivity contribution in [3.8, 4) is 6.07 Å². The molecule has 1 aliphatic rings. The van der Waals surface area contributed by atoms with Gasteiger partial charge in [-0.3, -0.25) is 0 Å². The van der Waals surface area contributed by atoms with Crippen LogP contribution in [0.4, 0.5) is 0 Å². The molecule has 0 N–H and O–H groups in total. The van der Waals surface area contributed by atoms with Crippen molar-refractivity contribution in [3.05, 3.63) is 34.3 Å². The molecule has 2 rings (SSSR count). The number of carbonyl (C=O) groups is 1. The third-order valence-corrected chi connectivity index (χ3v) is 6.36. The van der Waals surface area contributed by atoms with Gasteiger partial charge in [0.1, 0.15) is 11.7 Å². The monoisotopic (exact) mass is 341 g/mol. The van der Waals surface area contributed by atoms with Crippen molar-refractivity contribution in [3.63, 3.8) is 0 Å². The summed E-state index contributed by atoms with van der Waals surface area (Å²) >= 11 is 3.29. The lowest BCUT2D eigenvalue weighted by atomic mass is 10.0. The number of halogens is 1. The number of hydrogen-bond donors (Lipinski definition) is 0. The quantitative estimate of drug-likeness (QED) is 0.785. The van der Waals surface area contributed by atoms with Crippen molar-refractivity contribution in [1.29, 1.82) is 5.26 Å². The molecule has 0 spiro atoms. The van der Waals surface area contributed by atoms with E-state index in [-0.39, 0.29) is 5.75 Å². The highest BCUT2D eigenvalue weighted by Crippen LogP contribution is 2.61. The predicted molar refractivity (Wildman–Crippen MR) is 74.2 cm³/mol. The third-order valence-electron chi connectivity index (χ3n) is 3.59. The molecule has 6 heteroatoms. The van der Waals surface area contributed by atoms with E-state index in [0.29, 0.717) is 11.8 Å². The van der Waals surface area contributed by atoms with Crippen molar-refractivity contribution in [2.75, 3.05) is 5.75 Å². The molecule has 1 aliphatic carbocycles. The van der Waals surface area contributed by atoms with E-state index in [0.717, 1.165) is 4.47 Å². The van der Waals surface area contributed by atoms with E-state index in [1.807, 2.05) is 6.07 Å². The number of rotatable bonds is 4. The van der Waals surface area contributed by atoms with Crippen LogP contribution in [0.1, 0.15) is 18.4 Å². The van der Waals surface area contributed by atoms with Crippen LogP contribution < -0.4 is 0 Å². The Morgan fingerprint density at radius 1 is 1.42 bits per heavy atom. The SMILES string of the molecule is CCS(=O)(=O)[C@@H]1[C@@H](c2ccc(Br)cc2)[C@]1(C#N)C=O. The van der Waals surface area contributed by atoms with Gasteiger partial charge < -0.3 is 4.79 Å². The zero-order valence-corrected chi connectivity index (χ0v) is 12.6. The molecule has 19 heavy (non-hydrogen) atoms. The van der Waals surface area contributed by atoms with Gasteiger partial charge in [0.15, 0.2) is 9.84 Å². The normalized spacial score (nSPS) is 29.5. The average Bonchev–Trinajstić information content (AvgIpc) is 3.10. The second-order valence-electron chi connectivity index (χ2n) is 4.56. The van der Waals surface area contributed by atoms with Crippen LogP contribution in [-0.2, 0) is 14.6 Å². The van der Waals surface area contributed by atoms with Crippen molar-refractivity contribution >= 4 is 32.1 Å². The first-order chi connectivity index (χ1) is 8.93. The van der Waals surface area contributed by atoms with Gasteiger partial charge in [-0.25, -0.2) is 8.42 Å². The van der Waals surface area contributed by atoms with E-state index in [9.17, 15) is 18.5 Å². The number of carbonyl (C=O) groups excluding carboxylic acids is 1. The molecule has 3 atom stereocenters. The topological polar surface area (TPSA) is 75.0 Å². The van der Waals surface area contributed by atoms with Crippen LogP contribution in [0.15, 0.2) is 28.7 Å². The van der Waals surface area contributed by atoms with E-state index in [1.165, 1.54) is 6.92 Å². The lowest BCUT2D eigenvalue weighted by Crippen LogP contribution is -2.17. The molecule has 1 saturated carbocycles. The summed E-state index contributed by atoms with van der Waals surface area (Å²) in [7, 11) is -3.43. The minimum atomic E-state index is -3.43. The highest BCUT2D eigenvalue weighted by atomic mass is 79.9. The van der Waals surface area contributed by atoms with Gasteiger partial charge in [0.2, 0.25) is 0 Å². The molecular weight excluding hydrogens is 330 g/mol. The molecule has 0 amide bonds. The van der Waals surface area contributed by atoms with Gasteiger partial charge in [-0.05, 0) is 17.7 Å². The summed E-state index contributed by atoms with van der Waals surface area (Å²) < 4.78 is 24.9. The predicted octanol–water partition coefficient (Wildman–Crippen LogP) is 2.06. The van der Waals surface area contributed by atoms with Gasteiger partial charge in [0.25, 0.3) is 0 Å². The third kappa shape index (κ3) is 2.11. The van der Waals surface area contributed by atoms with E-state index in [4.69, 9.17) is 0 Å². The minimum Gasteiger partial charge on any atom is -0.302 e. The van der Waals surface area contributed by atoms with Gasteiger partial charge >= 0.3 is 0 Å². The average molecular weight is 342 g/mol. The Morgan fingerprint density at radius 2 is 2.00 bits per heavy atom. The van der Waals surface area contributed by atoms with E-state index in [1.54, 1.807) is 24.3 Å². The summed E-state index contributed by atoms with van der Waals surface area (Å²) in [5.41, 5.74) is -0.721. The standard InChI is InChI=1S/C13H12BrNO3S/c1-2-19(17,18)12-11(13(12,7-15)8-16)9-3-5-10(14)6-4-9/h3-6,8,11-12H,2H2,1H3/t11-,12-,13+/m1/s1. The largest absolute Gasteiger partial charge is 0.302 e. The Hall–Kier alpha value is -1.19. The van der Waals surface area contributed by atoms with Crippen molar-refractivity contribution in [2.45, 2.75) is 18.1 Å². The second-order valence-corrected chi connectivity index (χ2v) is 7.89. The first kappa shape index (κ1) is 14.2. The maximum Gasteiger partial charge on any atom is 0.155 e. The Labute approximate surface area is 120 Å². The van der Waals surface area contributed by atoms with Crippen LogP contribution in [0.25, 0.3) is 0 Å². The van der Waals surface area contributed by atoms with E-state index >= 15 is 0 Å². The van der Waals surface area contributed by atoms with Crippen LogP contribution in [-0.4, -0.2) is 25.7 Å². The van der Waals surface area contributed by atoms with Crippen LogP contribution >= 0.6 is 15.9 Å². The van der Waals surface area contributed by atoms with Gasteiger partial charge in [-0.1, -0.05) is 35.0 Å². The molecule has 4 nitrogen and oxygen atoms in total. The Morgan fingerprint density at radius 3 is 2.42 bits per heavy atom. The maximum absolute atomic E-state index is 12.0. The minimum absolute atomic E-state index is 0.0675. The number of sulfone groups is 1. The molecular formula is C13H12BrNO3S. The number of nitriles is 1. The fourth-order valence-electron chi connectivity index (χ4n) is 2.48. The number of hydrogen-bond acceptors (Lipinski definition) is 4. The molecule has 0 saturated heterocycles. The Balaban J connectivity index is 2.49. The Kier molecular flexibility index (Phi) is 3.54. The first-order valence-electron chi connectivity index (χ1n) is 5.77. The van der Waals surface area contributed by atoms with Crippen molar-refractivity contribution in [1.82, 2.24) is 0 Å². The van der Waals surface area contributed by atoms with Crippen LogP contribution in [0.2, 0.25) is 0 Å². The van der Waals surface area contributed by atoms with Crippen LogP contribution in [0, 0.1) is 16.7 Å². The highest BCUT2D eigenvalue weighted by molar-refractivity contribution is 9.10. The van der Waals surface area contributed by atoms with Gasteiger partial charge in [-0.15, -0.1) is 0 Å². The molecule has 0 unspecified atom stereocenters. The van der Waals surface area contributed by atoms with Crippen LogP contribution in [0.5, 0.6) is 0 Å². The zero-order valence-electron chi connectivity index (χ0n) is 10.2. The molecule has 100 valence electrons. The smallest absolute Gasteiger partial charge is 0.155 e. The summed E-state index contributed by atoms with van der Waals surface area (Å²) in [5.74, 6) is -0.629. The summed E-state index contributed by atoms with van der Waals surface area (Å²) in [6.45, 7) is 1.53. The Bertz CT molecular complexity index is 647. The number of aldehydes is 1. The van der Waals surface area contributed by atoms with Gasteiger partial charge in [0, 0.05) is 16.1 Å². The van der Waals surface area contributed by atoms with E-state index < -0.39 is 26.4 Å². The molecule has 1 fully saturated rings. The zero-order chi connectivity index (χ0) is 14.3. The molecule has 1 aromatic rings. The summed E-state index contributed by atoms with van der Waals surface area (Å²) in [6.07, 6.45) is 0.484. The summed E-state index contributed by atoms with van der Waals surface area (Å²) in [4.78, 5) is 11.2. The van der Waals surface area contributed by atoms with Gasteiger partial charge in [0.05, 0.1) is 11.3 Å². The molecule has 0 heterocycles. The molecule has 0 aliphatic heterocycles. The van der Waals surface area contributed by atoms with Crippen molar-refractivity contribution < 1.29 is 13.2 Å². The molecule has 0 bridgehead atoms. The van der Waals surface area contributed by atoms with E-state index in [2.05, 4.69) is 15.9 Å². The first-order valence-corrected chi connectivity index (χ1v) is 8.28. The molecule has 1 aromatic carbocycles. The highest BCUT2D eigenvalue weighted by Gasteiger charge is 2.72. The number of benzene rings is 1. The summed E-state index contributed by atoms with van der Waals surface area (Å²) in [6, 6.07) is 8.94. The van der Waals surface area contributed by atoms with Gasteiger partial charge in [-0.2, -0.15) is 5.26 Å². The fraction of sp³-hybridized carbons (Fsp3) is 0.385. The lowest BCUT2D eigenvalue weighted by Gasteiger charge is -2.00. The van der Waals surface area contributed by atoms with Crippen molar-refractivity contribution in [2.24, 2.45) is 5.41 Å². The number of nitrogens with zero attached hydrogens (tertiary/aromatic N) is 1. The lowest BCUT2D eigenvalue weighted by molar-refractivity contribution is -0.110. The second kappa shape index (κ2) is 4.73. The molecule has 0 radical (unpaired) electrons.